The van der Waals surface area contributed by atoms with Crippen molar-refractivity contribution in [3.8, 4) is 0 Å². The molecular weight excluding hydrogens is 270 g/mol. The van der Waals surface area contributed by atoms with Gasteiger partial charge >= 0.3 is 5.97 Å². The maximum absolute atomic E-state index is 11.7. The molecule has 0 spiro atoms. The first-order valence-electron chi connectivity index (χ1n) is 5.19. The Labute approximate surface area is 112 Å². The molecule has 1 amide bonds. The largest absolute Gasteiger partial charge is 0.465 e. The number of thiophene rings is 2. The van der Waals surface area contributed by atoms with Gasteiger partial charge in [-0.3, -0.25) is 4.79 Å². The first kappa shape index (κ1) is 12.8. The predicted octanol–water partition coefficient (Wildman–Crippen LogP) is 2.78. The highest BCUT2D eigenvalue weighted by molar-refractivity contribution is 7.18. The number of hydrogen-bond donors (Lipinski definition) is 1. The smallest absolute Gasteiger partial charge is 0.348 e. The molecule has 94 valence electrons. The molecule has 6 heteroatoms. The lowest BCUT2D eigenvalue weighted by Gasteiger charge is -2.00. The van der Waals surface area contributed by atoms with Gasteiger partial charge in [-0.2, -0.15) is 0 Å². The predicted molar refractivity (Wildman–Crippen MR) is 72.3 cm³/mol. The summed E-state index contributed by atoms with van der Waals surface area (Å²) in [7, 11) is 1.33. The molecule has 0 fully saturated rings. The fraction of sp³-hybridized carbons (Fsp3) is 0.167. The topological polar surface area (TPSA) is 55.4 Å². The molecular formula is C12H11NO3S2. The summed E-state index contributed by atoms with van der Waals surface area (Å²) in [6.45, 7) is 0. The van der Waals surface area contributed by atoms with Gasteiger partial charge in [0.1, 0.15) is 4.88 Å². The Kier molecular flexibility index (Phi) is 4.11. The van der Waals surface area contributed by atoms with Crippen LogP contribution in [-0.4, -0.2) is 19.0 Å². The van der Waals surface area contributed by atoms with E-state index in [1.54, 1.807) is 23.5 Å². The maximum atomic E-state index is 11.7. The van der Waals surface area contributed by atoms with E-state index < -0.39 is 5.97 Å². The van der Waals surface area contributed by atoms with Gasteiger partial charge in [0, 0.05) is 4.88 Å². The van der Waals surface area contributed by atoms with Crippen LogP contribution in [0.1, 0.15) is 14.5 Å². The summed E-state index contributed by atoms with van der Waals surface area (Å²) in [4.78, 5) is 24.4. The molecule has 0 bridgehead atoms. The van der Waals surface area contributed by atoms with Crippen molar-refractivity contribution in [2.75, 3.05) is 12.4 Å². The van der Waals surface area contributed by atoms with E-state index in [2.05, 4.69) is 10.1 Å². The van der Waals surface area contributed by atoms with Gasteiger partial charge in [-0.25, -0.2) is 4.79 Å². The number of carbonyl (C=O) groups is 2. The minimum absolute atomic E-state index is 0.0873. The third-order valence-corrected chi connectivity index (χ3v) is 4.03. The quantitative estimate of drug-likeness (QED) is 0.877. The van der Waals surface area contributed by atoms with E-state index in [-0.39, 0.29) is 5.91 Å². The Morgan fingerprint density at radius 3 is 2.83 bits per heavy atom. The van der Waals surface area contributed by atoms with E-state index in [0.717, 1.165) is 4.88 Å². The number of methoxy groups -OCH3 is 1. The number of amides is 1. The van der Waals surface area contributed by atoms with Gasteiger partial charge in [0.15, 0.2) is 0 Å². The van der Waals surface area contributed by atoms with E-state index in [1.807, 2.05) is 17.5 Å². The standard InChI is InChI=1S/C12H11NO3S2/c1-16-12(15)9-4-5-11(18-9)13-10(14)7-8-3-2-6-17-8/h2-6H,7H2,1H3,(H,13,14). The molecule has 4 nitrogen and oxygen atoms in total. The molecule has 1 N–H and O–H groups in total. The average Bonchev–Trinajstić information content (AvgIpc) is 2.99. The minimum atomic E-state index is -0.390. The molecule has 0 aromatic carbocycles. The lowest BCUT2D eigenvalue weighted by Crippen LogP contribution is -2.12. The van der Waals surface area contributed by atoms with Crippen molar-refractivity contribution in [2.45, 2.75) is 6.42 Å². The highest BCUT2D eigenvalue weighted by atomic mass is 32.1. The molecule has 0 saturated heterocycles. The van der Waals surface area contributed by atoms with Crippen molar-refractivity contribution in [1.82, 2.24) is 0 Å². The van der Waals surface area contributed by atoms with Crippen molar-refractivity contribution in [3.05, 3.63) is 39.4 Å². The van der Waals surface area contributed by atoms with E-state index in [4.69, 9.17) is 0 Å². The zero-order valence-electron chi connectivity index (χ0n) is 9.64. The molecule has 2 heterocycles. The lowest BCUT2D eigenvalue weighted by molar-refractivity contribution is -0.115. The van der Waals surface area contributed by atoms with Crippen molar-refractivity contribution >= 4 is 39.6 Å². The first-order chi connectivity index (χ1) is 8.69. The van der Waals surface area contributed by atoms with Gasteiger partial charge in [0.2, 0.25) is 5.91 Å². The fourth-order valence-electron chi connectivity index (χ4n) is 1.37. The van der Waals surface area contributed by atoms with Crippen LogP contribution in [0.3, 0.4) is 0 Å². The maximum Gasteiger partial charge on any atom is 0.348 e. The molecule has 0 radical (unpaired) electrons. The fourth-order valence-corrected chi connectivity index (χ4v) is 2.91. The summed E-state index contributed by atoms with van der Waals surface area (Å²) in [6.07, 6.45) is 0.350. The van der Waals surface area contributed by atoms with Crippen LogP contribution in [0, 0.1) is 0 Å². The van der Waals surface area contributed by atoms with Gasteiger partial charge < -0.3 is 10.1 Å². The van der Waals surface area contributed by atoms with Crippen LogP contribution < -0.4 is 5.32 Å². The Morgan fingerprint density at radius 2 is 2.17 bits per heavy atom. The third kappa shape index (κ3) is 3.18. The molecule has 2 rings (SSSR count). The zero-order valence-corrected chi connectivity index (χ0v) is 11.3. The molecule has 0 unspecified atom stereocenters. The van der Waals surface area contributed by atoms with Gasteiger partial charge in [0.05, 0.1) is 18.5 Å². The minimum Gasteiger partial charge on any atom is -0.465 e. The van der Waals surface area contributed by atoms with Crippen LogP contribution >= 0.6 is 22.7 Å². The summed E-state index contributed by atoms with van der Waals surface area (Å²) >= 11 is 2.75. The van der Waals surface area contributed by atoms with E-state index >= 15 is 0 Å². The van der Waals surface area contributed by atoms with Gasteiger partial charge in [-0.05, 0) is 23.6 Å². The average molecular weight is 281 g/mol. The molecule has 2 aromatic heterocycles. The third-order valence-electron chi connectivity index (χ3n) is 2.17. The number of carbonyl (C=O) groups excluding carboxylic acids is 2. The van der Waals surface area contributed by atoms with Crippen LogP contribution in [0.25, 0.3) is 0 Å². The Morgan fingerprint density at radius 1 is 1.33 bits per heavy atom. The van der Waals surface area contributed by atoms with Gasteiger partial charge in [-0.15, -0.1) is 22.7 Å². The molecule has 0 aliphatic rings. The second kappa shape index (κ2) is 5.79. The van der Waals surface area contributed by atoms with Crippen LogP contribution in [-0.2, 0) is 16.0 Å². The molecule has 0 saturated carbocycles. The highest BCUT2D eigenvalue weighted by Gasteiger charge is 2.11. The Bertz CT molecular complexity index is 545. The number of rotatable bonds is 4. The monoisotopic (exact) mass is 281 g/mol. The number of ether oxygens (including phenoxy) is 1. The SMILES string of the molecule is COC(=O)c1ccc(NC(=O)Cc2cccs2)s1. The second-order valence-corrected chi connectivity index (χ2v) is 5.58. The first-order valence-corrected chi connectivity index (χ1v) is 6.89. The van der Waals surface area contributed by atoms with Crippen LogP contribution in [0.15, 0.2) is 29.6 Å². The summed E-state index contributed by atoms with van der Waals surface area (Å²) in [5.74, 6) is -0.477. The number of hydrogen-bond acceptors (Lipinski definition) is 5. The normalized spacial score (nSPS) is 10.1. The number of anilines is 1. The van der Waals surface area contributed by atoms with Crippen LogP contribution in [0.4, 0.5) is 5.00 Å². The van der Waals surface area contributed by atoms with E-state index in [1.165, 1.54) is 18.4 Å². The summed E-state index contributed by atoms with van der Waals surface area (Å²) < 4.78 is 4.60. The molecule has 18 heavy (non-hydrogen) atoms. The van der Waals surface area contributed by atoms with Crippen LogP contribution in [0.2, 0.25) is 0 Å². The van der Waals surface area contributed by atoms with Crippen molar-refractivity contribution in [1.29, 1.82) is 0 Å². The van der Waals surface area contributed by atoms with Crippen LogP contribution in [0.5, 0.6) is 0 Å². The van der Waals surface area contributed by atoms with Crippen molar-refractivity contribution < 1.29 is 14.3 Å². The lowest BCUT2D eigenvalue weighted by atomic mass is 10.3. The molecule has 0 aliphatic heterocycles. The molecule has 0 atom stereocenters. The summed E-state index contributed by atoms with van der Waals surface area (Å²) in [5.41, 5.74) is 0. The van der Waals surface area contributed by atoms with Crippen molar-refractivity contribution in [3.63, 3.8) is 0 Å². The second-order valence-electron chi connectivity index (χ2n) is 3.46. The van der Waals surface area contributed by atoms with Crippen molar-refractivity contribution in [2.24, 2.45) is 0 Å². The molecule has 0 aliphatic carbocycles. The highest BCUT2D eigenvalue weighted by Crippen LogP contribution is 2.22. The number of esters is 1. The Balaban J connectivity index is 1.95. The van der Waals surface area contributed by atoms with E-state index in [9.17, 15) is 9.59 Å². The number of nitrogens with one attached hydrogen (secondary N) is 1. The van der Waals surface area contributed by atoms with Gasteiger partial charge in [0.25, 0.3) is 0 Å². The summed E-state index contributed by atoms with van der Waals surface area (Å²) in [5, 5.41) is 5.34. The zero-order chi connectivity index (χ0) is 13.0. The Hall–Kier alpha value is -1.66. The summed E-state index contributed by atoms with van der Waals surface area (Å²) in [6, 6.07) is 7.16. The van der Waals surface area contributed by atoms with Gasteiger partial charge in [-0.1, -0.05) is 6.07 Å². The molecule has 2 aromatic rings. The van der Waals surface area contributed by atoms with E-state index in [0.29, 0.717) is 16.3 Å².